The van der Waals surface area contributed by atoms with E-state index in [9.17, 15) is 0 Å². The van der Waals surface area contributed by atoms with Gasteiger partial charge >= 0.3 is 0 Å². The van der Waals surface area contributed by atoms with Crippen molar-refractivity contribution in [3.8, 4) is 6.07 Å². The number of rotatable bonds is 3. The minimum atomic E-state index is 0.251. The summed E-state index contributed by atoms with van der Waals surface area (Å²) in [6.45, 7) is 2.10. The maximum absolute atomic E-state index is 8.63. The fourth-order valence-corrected chi connectivity index (χ4v) is 2.15. The zero-order valence-electron chi connectivity index (χ0n) is 8.84. The van der Waals surface area contributed by atoms with Gasteiger partial charge in [0, 0.05) is 6.04 Å². The number of thiophene rings is 1. The summed E-state index contributed by atoms with van der Waals surface area (Å²) in [6.07, 6.45) is 1.68. The van der Waals surface area contributed by atoms with Gasteiger partial charge in [-0.3, -0.25) is 0 Å². The normalized spacial score (nSPS) is 11.8. The van der Waals surface area contributed by atoms with E-state index in [1.165, 1.54) is 5.56 Å². The summed E-state index contributed by atoms with van der Waals surface area (Å²) in [5.41, 5.74) is 2.63. The lowest BCUT2D eigenvalue weighted by molar-refractivity contribution is 0.888. The van der Waals surface area contributed by atoms with Gasteiger partial charge in [-0.05, 0) is 41.4 Å². The van der Waals surface area contributed by atoms with Crippen LogP contribution in [0, 0.1) is 11.3 Å². The van der Waals surface area contributed by atoms with E-state index in [0.717, 1.165) is 5.69 Å². The number of nitrogens with zero attached hydrogens (tertiary/aromatic N) is 2. The second-order valence-corrected chi connectivity index (χ2v) is 4.25. The van der Waals surface area contributed by atoms with E-state index in [1.807, 2.05) is 12.1 Å². The molecule has 2 aromatic heterocycles. The lowest BCUT2D eigenvalue weighted by Gasteiger charge is -2.13. The Bertz CT molecular complexity index is 482. The number of anilines is 1. The van der Waals surface area contributed by atoms with Crippen molar-refractivity contribution in [1.29, 1.82) is 5.26 Å². The van der Waals surface area contributed by atoms with Gasteiger partial charge in [-0.1, -0.05) is 0 Å². The van der Waals surface area contributed by atoms with E-state index in [4.69, 9.17) is 5.26 Å². The van der Waals surface area contributed by atoms with Crippen molar-refractivity contribution in [2.45, 2.75) is 13.0 Å². The molecule has 0 fully saturated rings. The molecule has 0 aliphatic carbocycles. The highest BCUT2D eigenvalue weighted by Gasteiger charge is 2.05. The van der Waals surface area contributed by atoms with Crippen LogP contribution in [0.4, 0.5) is 5.69 Å². The fourth-order valence-electron chi connectivity index (χ4n) is 1.40. The van der Waals surface area contributed by atoms with E-state index in [1.54, 1.807) is 23.6 Å². The topological polar surface area (TPSA) is 48.7 Å². The van der Waals surface area contributed by atoms with E-state index < -0.39 is 0 Å². The summed E-state index contributed by atoms with van der Waals surface area (Å²) in [6, 6.07) is 7.93. The molecule has 0 aliphatic heterocycles. The van der Waals surface area contributed by atoms with Gasteiger partial charge in [0.05, 0.1) is 11.9 Å². The summed E-state index contributed by atoms with van der Waals surface area (Å²) in [5, 5.41) is 16.1. The van der Waals surface area contributed by atoms with Crippen LogP contribution in [0.15, 0.2) is 35.2 Å². The smallest absolute Gasteiger partial charge is 0.140 e. The zero-order chi connectivity index (χ0) is 11.4. The van der Waals surface area contributed by atoms with Crippen LogP contribution in [-0.4, -0.2) is 4.98 Å². The maximum Gasteiger partial charge on any atom is 0.140 e. The van der Waals surface area contributed by atoms with E-state index in [-0.39, 0.29) is 6.04 Å². The Kier molecular flexibility index (Phi) is 3.18. The number of nitrogens with one attached hydrogen (secondary N) is 1. The molecule has 2 heterocycles. The van der Waals surface area contributed by atoms with Crippen molar-refractivity contribution >= 4 is 17.0 Å². The summed E-state index contributed by atoms with van der Waals surface area (Å²) in [4.78, 5) is 4.01. The van der Waals surface area contributed by atoms with Gasteiger partial charge in [0.25, 0.3) is 0 Å². The van der Waals surface area contributed by atoms with Crippen molar-refractivity contribution in [1.82, 2.24) is 4.98 Å². The molecular formula is C12H11N3S. The lowest BCUT2D eigenvalue weighted by atomic mass is 10.2. The molecule has 4 heteroatoms. The average molecular weight is 229 g/mol. The van der Waals surface area contributed by atoms with Crippen LogP contribution in [0.5, 0.6) is 0 Å². The highest BCUT2D eigenvalue weighted by Crippen LogP contribution is 2.20. The Balaban J connectivity index is 2.07. The molecule has 0 aromatic carbocycles. The molecular weight excluding hydrogens is 218 g/mol. The van der Waals surface area contributed by atoms with Crippen LogP contribution in [-0.2, 0) is 0 Å². The fraction of sp³-hybridized carbons (Fsp3) is 0.167. The predicted octanol–water partition coefficient (Wildman–Crippen LogP) is 3.19. The first-order valence-corrected chi connectivity index (χ1v) is 5.88. The van der Waals surface area contributed by atoms with Crippen LogP contribution in [0.3, 0.4) is 0 Å². The second-order valence-electron chi connectivity index (χ2n) is 3.47. The first kappa shape index (κ1) is 10.7. The zero-order valence-corrected chi connectivity index (χ0v) is 9.66. The Morgan fingerprint density at radius 1 is 1.44 bits per heavy atom. The number of hydrogen-bond donors (Lipinski definition) is 1. The molecule has 2 rings (SSSR count). The number of aromatic nitrogens is 1. The average Bonchev–Trinajstić information content (AvgIpc) is 2.83. The molecule has 16 heavy (non-hydrogen) atoms. The van der Waals surface area contributed by atoms with Gasteiger partial charge in [-0.25, -0.2) is 4.98 Å². The largest absolute Gasteiger partial charge is 0.377 e. The summed E-state index contributed by atoms with van der Waals surface area (Å²) >= 11 is 1.69. The molecule has 0 amide bonds. The highest BCUT2D eigenvalue weighted by atomic mass is 32.1. The number of hydrogen-bond acceptors (Lipinski definition) is 4. The predicted molar refractivity (Wildman–Crippen MR) is 65.3 cm³/mol. The minimum absolute atomic E-state index is 0.251. The van der Waals surface area contributed by atoms with Crippen molar-refractivity contribution < 1.29 is 0 Å². The Morgan fingerprint density at radius 3 is 2.88 bits per heavy atom. The van der Waals surface area contributed by atoms with Crippen LogP contribution >= 0.6 is 11.3 Å². The maximum atomic E-state index is 8.63. The summed E-state index contributed by atoms with van der Waals surface area (Å²) in [5.74, 6) is 0. The van der Waals surface area contributed by atoms with Gasteiger partial charge in [0.2, 0.25) is 0 Å². The molecule has 0 saturated carbocycles. The van der Waals surface area contributed by atoms with Gasteiger partial charge in [0.15, 0.2) is 0 Å². The molecule has 3 nitrogen and oxygen atoms in total. The third kappa shape index (κ3) is 2.38. The first-order chi connectivity index (χ1) is 7.79. The molecule has 2 aromatic rings. The van der Waals surface area contributed by atoms with E-state index in [0.29, 0.717) is 5.69 Å². The van der Waals surface area contributed by atoms with Gasteiger partial charge < -0.3 is 5.32 Å². The molecule has 0 radical (unpaired) electrons. The van der Waals surface area contributed by atoms with Gasteiger partial charge in [-0.15, -0.1) is 0 Å². The van der Waals surface area contributed by atoms with Gasteiger partial charge in [0.1, 0.15) is 11.8 Å². The standard InChI is InChI=1S/C12H11N3S/c1-9(10-4-5-16-8-10)15-12-3-2-11(6-13)14-7-12/h2-5,7-9,15H,1H3. The van der Waals surface area contributed by atoms with Crippen molar-refractivity contribution in [3.63, 3.8) is 0 Å². The Hall–Kier alpha value is -1.86. The first-order valence-electron chi connectivity index (χ1n) is 4.94. The van der Waals surface area contributed by atoms with Crippen LogP contribution in [0.1, 0.15) is 24.2 Å². The van der Waals surface area contributed by atoms with E-state index >= 15 is 0 Å². The third-order valence-electron chi connectivity index (χ3n) is 2.30. The van der Waals surface area contributed by atoms with Crippen LogP contribution < -0.4 is 5.32 Å². The van der Waals surface area contributed by atoms with Gasteiger partial charge in [-0.2, -0.15) is 16.6 Å². The summed E-state index contributed by atoms with van der Waals surface area (Å²) < 4.78 is 0. The number of nitriles is 1. The van der Waals surface area contributed by atoms with Crippen molar-refractivity contribution in [3.05, 3.63) is 46.4 Å². The molecule has 1 N–H and O–H groups in total. The third-order valence-corrected chi connectivity index (χ3v) is 3.01. The van der Waals surface area contributed by atoms with Crippen molar-refractivity contribution in [2.24, 2.45) is 0 Å². The lowest BCUT2D eigenvalue weighted by Crippen LogP contribution is -2.05. The molecule has 0 bridgehead atoms. The molecule has 1 atom stereocenters. The highest BCUT2D eigenvalue weighted by molar-refractivity contribution is 7.07. The molecule has 1 unspecified atom stereocenters. The minimum Gasteiger partial charge on any atom is -0.377 e. The monoisotopic (exact) mass is 229 g/mol. The SMILES string of the molecule is CC(Nc1ccc(C#N)nc1)c1ccsc1. The van der Waals surface area contributed by atoms with Crippen LogP contribution in [0.25, 0.3) is 0 Å². The molecule has 0 aliphatic rings. The second kappa shape index (κ2) is 4.77. The summed E-state index contributed by atoms with van der Waals surface area (Å²) in [7, 11) is 0. The Labute approximate surface area is 98.4 Å². The number of pyridine rings is 1. The molecule has 0 spiro atoms. The molecule has 80 valence electrons. The van der Waals surface area contributed by atoms with Crippen molar-refractivity contribution in [2.75, 3.05) is 5.32 Å². The van der Waals surface area contributed by atoms with E-state index in [2.05, 4.69) is 34.1 Å². The van der Waals surface area contributed by atoms with Crippen LogP contribution in [0.2, 0.25) is 0 Å². The quantitative estimate of drug-likeness (QED) is 0.879. The Morgan fingerprint density at radius 2 is 2.31 bits per heavy atom. The molecule has 0 saturated heterocycles.